The highest BCUT2D eigenvalue weighted by atomic mass is 16.4. The molecule has 0 fully saturated rings. The first-order valence-electron chi connectivity index (χ1n) is 5.83. The Balaban J connectivity index is 2.13. The molecule has 5 nitrogen and oxygen atoms in total. The molecule has 1 aromatic heterocycles. The second-order valence-corrected chi connectivity index (χ2v) is 3.95. The quantitative estimate of drug-likeness (QED) is 0.884. The zero-order chi connectivity index (χ0) is 13.8. The number of anilines is 1. The maximum Gasteiger partial charge on any atom is 0.335 e. The number of aryl methyl sites for hydroxylation is 1. The Hall–Kier alpha value is -2.56. The van der Waals surface area contributed by atoms with Crippen LogP contribution in [0.25, 0.3) is 0 Å². The molecule has 0 aliphatic heterocycles. The molecule has 98 valence electrons. The normalized spacial score (nSPS) is 10.2. The van der Waals surface area contributed by atoms with E-state index in [1.165, 1.54) is 18.4 Å². The molecule has 2 rings (SSSR count). The monoisotopic (exact) mass is 259 g/mol. The molecule has 0 aliphatic carbocycles. The molecule has 1 aromatic carbocycles. The van der Waals surface area contributed by atoms with Crippen molar-refractivity contribution in [3.63, 3.8) is 0 Å². The molecule has 0 saturated carbocycles. The molecule has 2 N–H and O–H groups in total. The number of rotatable bonds is 4. The Bertz CT molecular complexity index is 598. The van der Waals surface area contributed by atoms with Crippen molar-refractivity contribution in [1.29, 1.82) is 0 Å². The van der Waals surface area contributed by atoms with Gasteiger partial charge in [0, 0.05) is 12.1 Å². The first kappa shape index (κ1) is 12.9. The van der Waals surface area contributed by atoms with E-state index in [9.17, 15) is 9.59 Å². The van der Waals surface area contributed by atoms with Crippen molar-refractivity contribution in [2.24, 2.45) is 0 Å². The number of carboxylic acid groups (broad SMARTS) is 1. The maximum atomic E-state index is 12.0. The van der Waals surface area contributed by atoms with Crippen molar-refractivity contribution in [3.05, 3.63) is 53.5 Å². The summed E-state index contributed by atoms with van der Waals surface area (Å²) in [6, 6.07) is 7.59. The highest BCUT2D eigenvalue weighted by Crippen LogP contribution is 2.15. The third-order valence-corrected chi connectivity index (χ3v) is 2.70. The zero-order valence-corrected chi connectivity index (χ0v) is 10.3. The summed E-state index contributed by atoms with van der Waals surface area (Å²) in [5, 5.41) is 11.5. The molecule has 1 amide bonds. The number of hydrogen-bond acceptors (Lipinski definition) is 3. The summed E-state index contributed by atoms with van der Waals surface area (Å²) in [6.07, 6.45) is 2.11. The maximum absolute atomic E-state index is 12.0. The molecule has 2 aromatic rings. The Morgan fingerprint density at radius 2 is 1.89 bits per heavy atom. The summed E-state index contributed by atoms with van der Waals surface area (Å²) >= 11 is 0. The molecule has 19 heavy (non-hydrogen) atoms. The number of furan rings is 1. The Kier molecular flexibility index (Phi) is 3.66. The van der Waals surface area contributed by atoms with Crippen molar-refractivity contribution in [1.82, 2.24) is 0 Å². The summed E-state index contributed by atoms with van der Waals surface area (Å²) in [7, 11) is 0. The lowest BCUT2D eigenvalue weighted by molar-refractivity contribution is 0.0696. The Labute approximate surface area is 109 Å². The SMILES string of the molecule is CCc1occc1C(=O)Nc1ccc(C(=O)O)cc1. The number of nitrogens with one attached hydrogen (secondary N) is 1. The van der Waals surface area contributed by atoms with Gasteiger partial charge < -0.3 is 14.8 Å². The predicted octanol–water partition coefficient (Wildman–Crippen LogP) is 2.79. The van der Waals surface area contributed by atoms with E-state index in [0.29, 0.717) is 23.4 Å². The van der Waals surface area contributed by atoms with Crippen molar-refractivity contribution in [2.75, 3.05) is 5.32 Å². The summed E-state index contributed by atoms with van der Waals surface area (Å²) in [5.74, 6) is -0.644. The van der Waals surface area contributed by atoms with Gasteiger partial charge in [-0.25, -0.2) is 4.79 Å². The second kappa shape index (κ2) is 5.39. The number of aromatic carboxylic acids is 1. The minimum atomic E-state index is -0.999. The molecule has 0 saturated heterocycles. The summed E-state index contributed by atoms with van der Waals surface area (Å²) in [4.78, 5) is 22.7. The van der Waals surface area contributed by atoms with E-state index < -0.39 is 5.97 Å². The van der Waals surface area contributed by atoms with Gasteiger partial charge >= 0.3 is 5.97 Å². The van der Waals surface area contributed by atoms with Crippen LogP contribution in [0, 0.1) is 0 Å². The predicted molar refractivity (Wildman–Crippen MR) is 69.4 cm³/mol. The number of hydrogen-bond donors (Lipinski definition) is 2. The number of benzene rings is 1. The van der Waals surface area contributed by atoms with Gasteiger partial charge in [0.1, 0.15) is 5.76 Å². The largest absolute Gasteiger partial charge is 0.478 e. The highest BCUT2D eigenvalue weighted by Gasteiger charge is 2.13. The summed E-state index contributed by atoms with van der Waals surface area (Å²) in [6.45, 7) is 1.90. The lowest BCUT2D eigenvalue weighted by Gasteiger charge is -2.05. The van der Waals surface area contributed by atoms with E-state index in [1.807, 2.05) is 6.92 Å². The second-order valence-electron chi connectivity index (χ2n) is 3.95. The topological polar surface area (TPSA) is 79.5 Å². The van der Waals surface area contributed by atoms with Gasteiger partial charge in [-0.15, -0.1) is 0 Å². The summed E-state index contributed by atoms with van der Waals surface area (Å²) in [5.41, 5.74) is 1.21. The fraction of sp³-hybridized carbons (Fsp3) is 0.143. The van der Waals surface area contributed by atoms with Crippen LogP contribution in [0.4, 0.5) is 5.69 Å². The minimum absolute atomic E-state index is 0.176. The van der Waals surface area contributed by atoms with Crippen LogP contribution in [-0.4, -0.2) is 17.0 Å². The summed E-state index contributed by atoms with van der Waals surface area (Å²) < 4.78 is 5.18. The number of carbonyl (C=O) groups excluding carboxylic acids is 1. The molecule has 0 unspecified atom stereocenters. The average molecular weight is 259 g/mol. The van der Waals surface area contributed by atoms with Crippen molar-refractivity contribution in [3.8, 4) is 0 Å². The van der Waals surface area contributed by atoms with Crippen LogP contribution in [0.2, 0.25) is 0 Å². The van der Waals surface area contributed by atoms with Crippen molar-refractivity contribution in [2.45, 2.75) is 13.3 Å². The van der Waals surface area contributed by atoms with Gasteiger partial charge in [-0.3, -0.25) is 4.79 Å². The van der Waals surface area contributed by atoms with Crippen LogP contribution in [-0.2, 0) is 6.42 Å². The van der Waals surface area contributed by atoms with Gasteiger partial charge in [-0.1, -0.05) is 6.92 Å². The molecule has 0 aliphatic rings. The number of carbonyl (C=O) groups is 2. The minimum Gasteiger partial charge on any atom is -0.478 e. The zero-order valence-electron chi connectivity index (χ0n) is 10.3. The smallest absolute Gasteiger partial charge is 0.335 e. The number of amides is 1. The van der Waals surface area contributed by atoms with Crippen molar-refractivity contribution < 1.29 is 19.1 Å². The highest BCUT2D eigenvalue weighted by molar-refractivity contribution is 6.05. The molecule has 1 heterocycles. The van der Waals surface area contributed by atoms with Crippen LogP contribution in [0.3, 0.4) is 0 Å². The van der Waals surface area contributed by atoms with Crippen LogP contribution in [0.15, 0.2) is 41.0 Å². The molecule has 5 heteroatoms. The fourth-order valence-corrected chi connectivity index (χ4v) is 1.71. The van der Waals surface area contributed by atoms with E-state index in [-0.39, 0.29) is 11.5 Å². The first-order valence-corrected chi connectivity index (χ1v) is 5.83. The van der Waals surface area contributed by atoms with Crippen LogP contribution in [0.5, 0.6) is 0 Å². The van der Waals surface area contributed by atoms with Crippen LogP contribution >= 0.6 is 0 Å². The van der Waals surface area contributed by atoms with E-state index in [4.69, 9.17) is 9.52 Å². The van der Waals surface area contributed by atoms with E-state index in [2.05, 4.69) is 5.32 Å². The number of carboxylic acids is 1. The third-order valence-electron chi connectivity index (χ3n) is 2.70. The Morgan fingerprint density at radius 1 is 1.21 bits per heavy atom. The van der Waals surface area contributed by atoms with Gasteiger partial charge in [-0.05, 0) is 30.3 Å². The molecular formula is C14H13NO4. The molecule has 0 spiro atoms. The van der Waals surface area contributed by atoms with Gasteiger partial charge in [0.25, 0.3) is 5.91 Å². The Morgan fingerprint density at radius 3 is 2.47 bits per heavy atom. The first-order chi connectivity index (χ1) is 9.11. The van der Waals surface area contributed by atoms with Gasteiger partial charge in [-0.2, -0.15) is 0 Å². The van der Waals surface area contributed by atoms with Crippen LogP contribution < -0.4 is 5.32 Å². The van der Waals surface area contributed by atoms with Crippen molar-refractivity contribution >= 4 is 17.6 Å². The fourth-order valence-electron chi connectivity index (χ4n) is 1.71. The molecule has 0 atom stereocenters. The van der Waals surface area contributed by atoms with Crippen LogP contribution in [0.1, 0.15) is 33.4 Å². The van der Waals surface area contributed by atoms with E-state index >= 15 is 0 Å². The van der Waals surface area contributed by atoms with Gasteiger partial charge in [0.05, 0.1) is 17.4 Å². The standard InChI is InChI=1S/C14H13NO4/c1-2-12-11(7-8-19-12)13(16)15-10-5-3-9(4-6-10)14(17)18/h3-8H,2H2,1H3,(H,15,16)(H,17,18). The van der Waals surface area contributed by atoms with E-state index in [0.717, 1.165) is 0 Å². The van der Waals surface area contributed by atoms with Gasteiger partial charge in [0.2, 0.25) is 0 Å². The van der Waals surface area contributed by atoms with E-state index in [1.54, 1.807) is 18.2 Å². The lowest BCUT2D eigenvalue weighted by atomic mass is 10.2. The lowest BCUT2D eigenvalue weighted by Crippen LogP contribution is -2.12. The van der Waals surface area contributed by atoms with Gasteiger partial charge in [0.15, 0.2) is 0 Å². The molecular weight excluding hydrogens is 246 g/mol. The average Bonchev–Trinajstić information content (AvgIpc) is 2.87. The third kappa shape index (κ3) is 2.82. The molecule has 0 bridgehead atoms. The molecule has 0 radical (unpaired) electrons.